The minimum Gasteiger partial charge on any atom is -0.460 e. The predicted octanol–water partition coefficient (Wildman–Crippen LogP) is 3.85. The summed E-state index contributed by atoms with van der Waals surface area (Å²) in [7, 11) is 0. The van der Waals surface area contributed by atoms with Crippen LogP contribution in [0.25, 0.3) is 6.08 Å². The molecule has 1 N–H and O–H groups in total. The molecule has 2 aromatic rings. The van der Waals surface area contributed by atoms with Crippen LogP contribution in [-0.2, 0) is 14.3 Å². The van der Waals surface area contributed by atoms with E-state index < -0.39 is 17.7 Å². The molecule has 1 amide bonds. The van der Waals surface area contributed by atoms with E-state index in [4.69, 9.17) is 23.2 Å². The van der Waals surface area contributed by atoms with Crippen molar-refractivity contribution in [2.24, 2.45) is 0 Å². The Balaban J connectivity index is 1.99. The minimum absolute atomic E-state index is 0.0767. The molecule has 0 saturated heterocycles. The first kappa shape index (κ1) is 19.1. The lowest BCUT2D eigenvalue weighted by molar-refractivity contribution is -0.137. The van der Waals surface area contributed by atoms with Gasteiger partial charge in [0.1, 0.15) is 5.69 Å². The number of carbonyl (C=O) groups excluding carboxylic acids is 3. The summed E-state index contributed by atoms with van der Waals surface area (Å²) >= 11 is 12.7. The van der Waals surface area contributed by atoms with E-state index in [-0.39, 0.29) is 17.4 Å². The highest BCUT2D eigenvalue weighted by molar-refractivity contribution is 7.14. The lowest BCUT2D eigenvalue weighted by Crippen LogP contribution is -2.18. The molecule has 6 nitrogen and oxygen atoms in total. The summed E-state index contributed by atoms with van der Waals surface area (Å²) in [5, 5.41) is 4.87. The zero-order chi connectivity index (χ0) is 18.4. The maximum Gasteiger partial charge on any atom is 0.381 e. The standard InChI is InChI=1S/C16H12Cl2N2O4S/c1-2-24-15(23)14(22)12-8-25-16(19-12)20-13(21)6-4-9-3-5-10(17)11(18)7-9/h3-8H,2H2,1H3,(H,19,20,21)/b6-4+. The quantitative estimate of drug-likeness (QED) is 0.345. The SMILES string of the molecule is CCOC(=O)C(=O)c1csc(NC(=O)/C=C/c2ccc(Cl)c(Cl)c2)n1. The van der Waals surface area contributed by atoms with Crippen molar-refractivity contribution in [3.63, 3.8) is 0 Å². The summed E-state index contributed by atoms with van der Waals surface area (Å²) < 4.78 is 4.61. The molecule has 9 heteroatoms. The highest BCUT2D eigenvalue weighted by Gasteiger charge is 2.20. The maximum absolute atomic E-state index is 11.9. The minimum atomic E-state index is -0.981. The monoisotopic (exact) mass is 398 g/mol. The molecular weight excluding hydrogens is 387 g/mol. The number of nitrogens with zero attached hydrogens (tertiary/aromatic N) is 1. The predicted molar refractivity (Wildman–Crippen MR) is 97.2 cm³/mol. The maximum atomic E-state index is 11.9. The van der Waals surface area contributed by atoms with Gasteiger partial charge in [-0.1, -0.05) is 29.3 Å². The molecule has 0 spiro atoms. The van der Waals surface area contributed by atoms with E-state index in [1.54, 1.807) is 31.2 Å². The van der Waals surface area contributed by atoms with Crippen LogP contribution in [-0.4, -0.2) is 29.3 Å². The van der Waals surface area contributed by atoms with Crippen molar-refractivity contribution in [1.29, 1.82) is 0 Å². The van der Waals surface area contributed by atoms with Crippen LogP contribution in [0.5, 0.6) is 0 Å². The van der Waals surface area contributed by atoms with Gasteiger partial charge in [-0.25, -0.2) is 9.78 Å². The molecule has 0 unspecified atom stereocenters. The number of anilines is 1. The first-order chi connectivity index (χ1) is 11.9. The fourth-order valence-corrected chi connectivity index (χ4v) is 2.67. The fourth-order valence-electron chi connectivity index (χ4n) is 1.67. The number of ketones is 1. The molecule has 0 fully saturated rings. The molecule has 1 heterocycles. The van der Waals surface area contributed by atoms with Crippen LogP contribution in [0.1, 0.15) is 23.0 Å². The third kappa shape index (κ3) is 5.38. The highest BCUT2D eigenvalue weighted by Crippen LogP contribution is 2.23. The van der Waals surface area contributed by atoms with E-state index in [0.717, 1.165) is 11.3 Å². The van der Waals surface area contributed by atoms with Crippen molar-refractivity contribution in [1.82, 2.24) is 4.98 Å². The Hall–Kier alpha value is -2.22. The van der Waals surface area contributed by atoms with E-state index in [1.165, 1.54) is 11.5 Å². The molecule has 0 saturated carbocycles. The number of esters is 1. The highest BCUT2D eigenvalue weighted by atomic mass is 35.5. The average Bonchev–Trinajstić information content (AvgIpc) is 3.03. The van der Waals surface area contributed by atoms with E-state index >= 15 is 0 Å². The molecule has 0 radical (unpaired) electrons. The second-order valence-corrected chi connectivity index (χ2v) is 6.26. The molecule has 25 heavy (non-hydrogen) atoms. The van der Waals surface area contributed by atoms with Crippen LogP contribution in [0.15, 0.2) is 29.7 Å². The van der Waals surface area contributed by atoms with E-state index in [2.05, 4.69) is 15.0 Å². The summed E-state index contributed by atoms with van der Waals surface area (Å²) in [6, 6.07) is 4.94. The van der Waals surface area contributed by atoms with Gasteiger partial charge in [0.25, 0.3) is 5.78 Å². The van der Waals surface area contributed by atoms with Crippen molar-refractivity contribution < 1.29 is 19.1 Å². The molecule has 130 valence electrons. The number of thiazole rings is 1. The van der Waals surface area contributed by atoms with Gasteiger partial charge in [0.2, 0.25) is 5.91 Å². The van der Waals surface area contributed by atoms with Crippen LogP contribution in [0.2, 0.25) is 10.0 Å². The molecule has 0 bridgehead atoms. The Morgan fingerprint density at radius 3 is 2.72 bits per heavy atom. The van der Waals surface area contributed by atoms with Crippen LogP contribution >= 0.6 is 34.5 Å². The third-order valence-electron chi connectivity index (χ3n) is 2.80. The normalized spacial score (nSPS) is 10.7. The average molecular weight is 399 g/mol. The molecule has 2 rings (SSSR count). The first-order valence-electron chi connectivity index (χ1n) is 7.01. The van der Waals surface area contributed by atoms with Crippen LogP contribution in [0.4, 0.5) is 5.13 Å². The zero-order valence-electron chi connectivity index (χ0n) is 12.9. The summed E-state index contributed by atoms with van der Waals surface area (Å²) in [4.78, 5) is 38.9. The topological polar surface area (TPSA) is 85.4 Å². The van der Waals surface area contributed by atoms with Crippen molar-refractivity contribution in [2.75, 3.05) is 11.9 Å². The van der Waals surface area contributed by atoms with Gasteiger partial charge >= 0.3 is 5.97 Å². The van der Waals surface area contributed by atoms with Gasteiger partial charge in [-0.15, -0.1) is 11.3 Å². The lowest BCUT2D eigenvalue weighted by Gasteiger charge is -1.99. The van der Waals surface area contributed by atoms with Crippen LogP contribution in [0, 0.1) is 0 Å². The number of benzene rings is 1. The molecular formula is C16H12Cl2N2O4S. The molecule has 0 aliphatic rings. The second-order valence-electron chi connectivity index (χ2n) is 4.58. The van der Waals surface area contributed by atoms with E-state index in [1.807, 2.05) is 0 Å². The molecule has 0 atom stereocenters. The Morgan fingerprint density at radius 2 is 2.04 bits per heavy atom. The molecule has 0 aliphatic heterocycles. The van der Waals surface area contributed by atoms with E-state index in [9.17, 15) is 14.4 Å². The summed E-state index contributed by atoms with van der Waals surface area (Å²) in [5.41, 5.74) is 0.620. The summed E-state index contributed by atoms with van der Waals surface area (Å²) in [6.07, 6.45) is 2.84. The number of hydrogen-bond acceptors (Lipinski definition) is 6. The first-order valence-corrected chi connectivity index (χ1v) is 8.65. The van der Waals surface area contributed by atoms with Gasteiger partial charge in [-0.3, -0.25) is 14.9 Å². The smallest absolute Gasteiger partial charge is 0.381 e. The van der Waals surface area contributed by atoms with Gasteiger partial charge in [-0.05, 0) is 30.7 Å². The Kier molecular flexibility index (Phi) is 6.69. The largest absolute Gasteiger partial charge is 0.460 e. The van der Waals surface area contributed by atoms with Gasteiger partial charge in [0, 0.05) is 11.5 Å². The fraction of sp³-hybridized carbons (Fsp3) is 0.125. The van der Waals surface area contributed by atoms with Crippen molar-refractivity contribution in [3.05, 3.63) is 51.0 Å². The van der Waals surface area contributed by atoms with Gasteiger partial charge in [0.05, 0.1) is 16.7 Å². The number of rotatable bonds is 6. The molecule has 0 aliphatic carbocycles. The molecule has 1 aromatic heterocycles. The number of Topliss-reactive ketones (excluding diaryl/α,β-unsaturated/α-hetero) is 1. The number of halogens is 2. The number of hydrogen-bond donors (Lipinski definition) is 1. The Labute approximate surface area is 157 Å². The lowest BCUT2D eigenvalue weighted by atomic mass is 10.2. The summed E-state index contributed by atoms with van der Waals surface area (Å²) in [5.74, 6) is -2.29. The second kappa shape index (κ2) is 8.75. The van der Waals surface area contributed by atoms with Crippen molar-refractivity contribution in [2.45, 2.75) is 6.92 Å². The Bertz CT molecular complexity index is 848. The number of carbonyl (C=O) groups is 3. The number of nitrogens with one attached hydrogen (secondary N) is 1. The van der Waals surface area contributed by atoms with Gasteiger partial charge in [-0.2, -0.15) is 0 Å². The number of aromatic nitrogens is 1. The number of amides is 1. The summed E-state index contributed by atoms with van der Waals surface area (Å²) in [6.45, 7) is 1.69. The van der Waals surface area contributed by atoms with Crippen LogP contribution in [0.3, 0.4) is 0 Å². The van der Waals surface area contributed by atoms with Crippen molar-refractivity contribution in [3.8, 4) is 0 Å². The Morgan fingerprint density at radius 1 is 1.28 bits per heavy atom. The van der Waals surface area contributed by atoms with E-state index in [0.29, 0.717) is 15.6 Å². The van der Waals surface area contributed by atoms with Gasteiger partial charge < -0.3 is 4.74 Å². The van der Waals surface area contributed by atoms with Crippen LogP contribution < -0.4 is 5.32 Å². The van der Waals surface area contributed by atoms with Crippen molar-refractivity contribution >= 4 is 63.4 Å². The zero-order valence-corrected chi connectivity index (χ0v) is 15.2. The molecule has 1 aromatic carbocycles. The number of ether oxygens (including phenoxy) is 1. The third-order valence-corrected chi connectivity index (χ3v) is 4.30. The van der Waals surface area contributed by atoms with Gasteiger partial charge in [0.15, 0.2) is 5.13 Å².